The third kappa shape index (κ3) is 3.05. The summed E-state index contributed by atoms with van der Waals surface area (Å²) in [6.45, 7) is 1.56. The van der Waals surface area contributed by atoms with Crippen LogP contribution in [-0.2, 0) is 0 Å². The Bertz CT molecular complexity index is 540. The summed E-state index contributed by atoms with van der Waals surface area (Å²) in [6.07, 6.45) is -0.832. The molecule has 0 heterocycles. The van der Waals surface area contributed by atoms with E-state index in [4.69, 9.17) is 11.6 Å². The van der Waals surface area contributed by atoms with Crippen LogP contribution in [0.25, 0.3) is 0 Å². The minimum atomic E-state index is -0.832. The van der Waals surface area contributed by atoms with E-state index >= 15 is 0 Å². The molecule has 1 unspecified atom stereocenters. The molecule has 0 saturated heterocycles. The molecule has 1 nitrogen and oxygen atoms in total. The van der Waals surface area contributed by atoms with Gasteiger partial charge < -0.3 is 5.11 Å². The average molecular weight is 283 g/mol. The van der Waals surface area contributed by atoms with Gasteiger partial charge in [0.1, 0.15) is 5.82 Å². The Morgan fingerprint density at radius 3 is 2.44 bits per heavy atom. The Kier molecular flexibility index (Phi) is 4.27. The number of aliphatic hydroxyl groups excluding tert-OH is 1. The first-order valence-corrected chi connectivity index (χ1v) is 6.67. The Morgan fingerprint density at radius 2 is 1.83 bits per heavy atom. The number of hydrogen-bond acceptors (Lipinski definition) is 2. The molecule has 0 saturated carbocycles. The van der Waals surface area contributed by atoms with Crippen LogP contribution in [0.1, 0.15) is 18.6 Å². The highest BCUT2D eigenvalue weighted by Gasteiger charge is 2.14. The fourth-order valence-electron chi connectivity index (χ4n) is 1.64. The van der Waals surface area contributed by atoms with Crippen molar-refractivity contribution in [1.82, 2.24) is 0 Å². The van der Waals surface area contributed by atoms with Gasteiger partial charge in [0.2, 0.25) is 0 Å². The molecule has 0 aromatic heterocycles. The Balaban J connectivity index is 2.34. The van der Waals surface area contributed by atoms with Gasteiger partial charge in [0, 0.05) is 20.4 Å². The van der Waals surface area contributed by atoms with E-state index in [1.807, 2.05) is 12.1 Å². The molecule has 0 bridgehead atoms. The molecule has 2 aromatic carbocycles. The smallest absolute Gasteiger partial charge is 0.130 e. The SMILES string of the molecule is CC(O)c1c(F)cccc1Sc1ccc(Cl)cc1. The van der Waals surface area contributed by atoms with Crippen LogP contribution < -0.4 is 0 Å². The van der Waals surface area contributed by atoms with Gasteiger partial charge in [-0.25, -0.2) is 4.39 Å². The van der Waals surface area contributed by atoms with E-state index in [1.54, 1.807) is 31.2 Å². The van der Waals surface area contributed by atoms with Crippen molar-refractivity contribution < 1.29 is 9.50 Å². The van der Waals surface area contributed by atoms with Crippen LogP contribution >= 0.6 is 23.4 Å². The van der Waals surface area contributed by atoms with Gasteiger partial charge in [-0.1, -0.05) is 29.4 Å². The molecule has 1 atom stereocenters. The molecule has 0 fully saturated rings. The zero-order valence-electron chi connectivity index (χ0n) is 9.73. The maximum absolute atomic E-state index is 13.7. The van der Waals surface area contributed by atoms with Gasteiger partial charge in [-0.05, 0) is 43.3 Å². The molecule has 18 heavy (non-hydrogen) atoms. The van der Waals surface area contributed by atoms with Gasteiger partial charge in [-0.3, -0.25) is 0 Å². The molecular formula is C14H12ClFOS. The van der Waals surface area contributed by atoms with Crippen molar-refractivity contribution in [2.45, 2.75) is 22.8 Å². The molecule has 0 aliphatic heterocycles. The van der Waals surface area contributed by atoms with E-state index in [-0.39, 0.29) is 5.82 Å². The lowest BCUT2D eigenvalue weighted by atomic mass is 10.1. The number of rotatable bonds is 3. The number of aliphatic hydroxyl groups is 1. The van der Waals surface area contributed by atoms with Gasteiger partial charge in [0.05, 0.1) is 6.10 Å². The molecule has 0 aliphatic rings. The second-order valence-corrected chi connectivity index (χ2v) is 5.44. The van der Waals surface area contributed by atoms with Crippen LogP contribution in [-0.4, -0.2) is 5.11 Å². The highest BCUT2D eigenvalue weighted by atomic mass is 35.5. The van der Waals surface area contributed by atoms with Crippen LogP contribution in [0.15, 0.2) is 52.3 Å². The average Bonchev–Trinajstić information content (AvgIpc) is 2.32. The van der Waals surface area contributed by atoms with E-state index in [2.05, 4.69) is 0 Å². The van der Waals surface area contributed by atoms with Crippen molar-refractivity contribution >= 4 is 23.4 Å². The Labute approximate surface area is 115 Å². The summed E-state index contributed by atoms with van der Waals surface area (Å²) in [5, 5.41) is 10.3. The summed E-state index contributed by atoms with van der Waals surface area (Å²) < 4.78 is 13.7. The normalized spacial score (nSPS) is 12.4. The third-order valence-corrected chi connectivity index (χ3v) is 3.81. The van der Waals surface area contributed by atoms with E-state index in [0.717, 1.165) is 4.90 Å². The summed E-state index contributed by atoms with van der Waals surface area (Å²) in [4.78, 5) is 1.67. The van der Waals surface area contributed by atoms with Gasteiger partial charge in [-0.15, -0.1) is 0 Å². The summed E-state index contributed by atoms with van der Waals surface area (Å²) in [6, 6.07) is 12.1. The predicted molar refractivity (Wildman–Crippen MR) is 72.6 cm³/mol. The van der Waals surface area contributed by atoms with E-state index in [9.17, 15) is 9.50 Å². The highest BCUT2D eigenvalue weighted by molar-refractivity contribution is 7.99. The standard InChI is InChI=1S/C14H12ClFOS/c1-9(17)14-12(16)3-2-4-13(14)18-11-7-5-10(15)6-8-11/h2-9,17H,1H3. The minimum Gasteiger partial charge on any atom is -0.389 e. The maximum atomic E-state index is 13.7. The second kappa shape index (κ2) is 5.74. The van der Waals surface area contributed by atoms with Gasteiger partial charge >= 0.3 is 0 Å². The first-order chi connectivity index (χ1) is 8.58. The monoisotopic (exact) mass is 282 g/mol. The Hall–Kier alpha value is -1.03. The van der Waals surface area contributed by atoms with Crippen molar-refractivity contribution in [3.8, 4) is 0 Å². The van der Waals surface area contributed by atoms with Crippen molar-refractivity contribution in [2.24, 2.45) is 0 Å². The molecule has 0 radical (unpaired) electrons. The number of benzene rings is 2. The van der Waals surface area contributed by atoms with Crippen LogP contribution in [0, 0.1) is 5.82 Å². The molecule has 2 aromatic rings. The molecule has 0 aliphatic carbocycles. The molecule has 4 heteroatoms. The molecule has 94 valence electrons. The fourth-order valence-corrected chi connectivity index (χ4v) is 2.82. The van der Waals surface area contributed by atoms with Crippen LogP contribution in [0.3, 0.4) is 0 Å². The number of halogens is 2. The summed E-state index contributed by atoms with van der Waals surface area (Å²) in [5.74, 6) is -0.385. The largest absolute Gasteiger partial charge is 0.389 e. The van der Waals surface area contributed by atoms with E-state index < -0.39 is 6.10 Å². The summed E-state index contributed by atoms with van der Waals surface area (Å²) in [7, 11) is 0. The van der Waals surface area contributed by atoms with Crippen LogP contribution in [0.4, 0.5) is 4.39 Å². The molecule has 0 spiro atoms. The topological polar surface area (TPSA) is 20.2 Å². The Morgan fingerprint density at radius 1 is 1.17 bits per heavy atom. The maximum Gasteiger partial charge on any atom is 0.130 e. The van der Waals surface area contributed by atoms with Gasteiger partial charge in [0.25, 0.3) is 0 Å². The van der Waals surface area contributed by atoms with Crippen LogP contribution in [0.5, 0.6) is 0 Å². The molecule has 0 amide bonds. The van der Waals surface area contributed by atoms with Gasteiger partial charge in [-0.2, -0.15) is 0 Å². The number of hydrogen-bond donors (Lipinski definition) is 1. The van der Waals surface area contributed by atoms with Crippen molar-refractivity contribution in [2.75, 3.05) is 0 Å². The zero-order chi connectivity index (χ0) is 13.1. The quantitative estimate of drug-likeness (QED) is 0.882. The van der Waals surface area contributed by atoms with E-state index in [0.29, 0.717) is 15.5 Å². The predicted octanol–water partition coefficient (Wildman–Crippen LogP) is 4.68. The summed E-state index contributed by atoms with van der Waals surface area (Å²) >= 11 is 7.22. The molecule has 1 N–H and O–H groups in total. The lowest BCUT2D eigenvalue weighted by Crippen LogP contribution is -1.98. The second-order valence-electron chi connectivity index (χ2n) is 3.88. The third-order valence-electron chi connectivity index (χ3n) is 2.47. The lowest BCUT2D eigenvalue weighted by Gasteiger charge is -2.12. The molecular weight excluding hydrogens is 271 g/mol. The van der Waals surface area contributed by atoms with Crippen LogP contribution in [0.2, 0.25) is 5.02 Å². The van der Waals surface area contributed by atoms with Gasteiger partial charge in [0.15, 0.2) is 0 Å². The first kappa shape index (κ1) is 13.4. The first-order valence-electron chi connectivity index (χ1n) is 5.48. The molecule has 2 rings (SSSR count). The highest BCUT2D eigenvalue weighted by Crippen LogP contribution is 2.35. The van der Waals surface area contributed by atoms with Crippen molar-refractivity contribution in [3.05, 3.63) is 58.9 Å². The minimum absolute atomic E-state index is 0.331. The van der Waals surface area contributed by atoms with E-state index in [1.165, 1.54) is 17.8 Å². The summed E-state index contributed by atoms with van der Waals surface area (Å²) in [5.41, 5.74) is 0.331. The van der Waals surface area contributed by atoms with Crippen molar-refractivity contribution in [3.63, 3.8) is 0 Å². The zero-order valence-corrected chi connectivity index (χ0v) is 11.3. The fraction of sp³-hybridized carbons (Fsp3) is 0.143. The van der Waals surface area contributed by atoms with Crippen molar-refractivity contribution in [1.29, 1.82) is 0 Å². The lowest BCUT2D eigenvalue weighted by molar-refractivity contribution is 0.191.